The molecule has 84 valence electrons. The topological polar surface area (TPSA) is 64.1 Å². The van der Waals surface area contributed by atoms with Crippen molar-refractivity contribution in [1.82, 2.24) is 4.98 Å². The van der Waals surface area contributed by atoms with E-state index >= 15 is 0 Å². The van der Waals surface area contributed by atoms with Crippen molar-refractivity contribution < 1.29 is 4.42 Å². The van der Waals surface area contributed by atoms with Gasteiger partial charge in [0.2, 0.25) is 5.89 Å². The van der Waals surface area contributed by atoms with Gasteiger partial charge in [-0.1, -0.05) is 15.9 Å². The number of hydrogen-bond acceptors (Lipinski definition) is 4. The van der Waals surface area contributed by atoms with Gasteiger partial charge in [0.05, 0.1) is 24.1 Å². The lowest BCUT2D eigenvalue weighted by Crippen LogP contribution is -2.02. The molecule has 4 nitrogen and oxygen atoms in total. The van der Waals surface area contributed by atoms with Gasteiger partial charge in [-0.15, -0.1) is 0 Å². The van der Waals surface area contributed by atoms with Gasteiger partial charge in [0.1, 0.15) is 5.76 Å². The van der Waals surface area contributed by atoms with Gasteiger partial charge in [-0.3, -0.25) is 0 Å². The Morgan fingerprint density at radius 3 is 2.94 bits per heavy atom. The second kappa shape index (κ2) is 4.57. The van der Waals surface area contributed by atoms with Gasteiger partial charge >= 0.3 is 0 Å². The molecule has 0 spiro atoms. The first kappa shape index (κ1) is 11.0. The van der Waals surface area contributed by atoms with Crippen LogP contribution in [-0.2, 0) is 6.54 Å². The Morgan fingerprint density at radius 1 is 1.50 bits per heavy atom. The van der Waals surface area contributed by atoms with Crippen LogP contribution in [0.2, 0.25) is 0 Å². The fourth-order valence-electron chi connectivity index (χ4n) is 1.35. The molecule has 5 heteroatoms. The van der Waals surface area contributed by atoms with Gasteiger partial charge in [0, 0.05) is 4.47 Å². The first-order chi connectivity index (χ1) is 7.65. The summed E-state index contributed by atoms with van der Waals surface area (Å²) < 4.78 is 6.31. The van der Waals surface area contributed by atoms with Crippen molar-refractivity contribution in [1.29, 1.82) is 0 Å². The summed E-state index contributed by atoms with van der Waals surface area (Å²) >= 11 is 3.36. The van der Waals surface area contributed by atoms with Crippen molar-refractivity contribution in [3.05, 3.63) is 40.5 Å². The molecule has 0 fully saturated rings. The number of rotatable bonds is 3. The van der Waals surface area contributed by atoms with Gasteiger partial charge < -0.3 is 15.5 Å². The third kappa shape index (κ3) is 2.55. The van der Waals surface area contributed by atoms with Crippen LogP contribution in [0.4, 0.5) is 11.4 Å². The molecule has 0 aliphatic heterocycles. The fraction of sp³-hybridized carbons (Fsp3) is 0.182. The Morgan fingerprint density at radius 2 is 2.31 bits per heavy atom. The Balaban J connectivity index is 2.04. The second-order valence-electron chi connectivity index (χ2n) is 3.45. The average Bonchev–Trinajstić information content (AvgIpc) is 2.63. The van der Waals surface area contributed by atoms with Crippen LogP contribution in [0.1, 0.15) is 11.7 Å². The van der Waals surface area contributed by atoms with E-state index in [0.29, 0.717) is 18.1 Å². The molecular formula is C11H12BrN3O. The molecule has 0 amide bonds. The Labute approximate surface area is 102 Å². The monoisotopic (exact) mass is 281 g/mol. The molecule has 0 aliphatic rings. The molecular weight excluding hydrogens is 270 g/mol. The molecule has 0 bridgehead atoms. The Kier molecular flexibility index (Phi) is 3.14. The van der Waals surface area contributed by atoms with Crippen molar-refractivity contribution in [3.8, 4) is 0 Å². The summed E-state index contributed by atoms with van der Waals surface area (Å²) in [6.45, 7) is 2.39. The summed E-state index contributed by atoms with van der Waals surface area (Å²) in [7, 11) is 0. The minimum Gasteiger partial charge on any atom is -0.444 e. The summed E-state index contributed by atoms with van der Waals surface area (Å²) in [5.74, 6) is 1.46. The highest BCUT2D eigenvalue weighted by atomic mass is 79.9. The molecule has 1 aromatic carbocycles. The lowest BCUT2D eigenvalue weighted by molar-refractivity contribution is 0.479. The number of nitrogens with two attached hydrogens (primary N) is 1. The predicted molar refractivity (Wildman–Crippen MR) is 67.1 cm³/mol. The molecule has 1 aromatic heterocycles. The molecule has 0 saturated carbocycles. The zero-order valence-electron chi connectivity index (χ0n) is 8.83. The largest absolute Gasteiger partial charge is 0.444 e. The SMILES string of the molecule is Cc1cnc(CNc2ccc(Br)cc2N)o1. The number of halogens is 1. The first-order valence-corrected chi connectivity index (χ1v) is 5.64. The zero-order chi connectivity index (χ0) is 11.5. The van der Waals surface area contributed by atoms with Crippen LogP contribution in [0.25, 0.3) is 0 Å². The molecule has 16 heavy (non-hydrogen) atoms. The van der Waals surface area contributed by atoms with E-state index in [2.05, 4.69) is 26.2 Å². The zero-order valence-corrected chi connectivity index (χ0v) is 10.4. The third-order valence-corrected chi connectivity index (χ3v) is 2.61. The van der Waals surface area contributed by atoms with E-state index in [-0.39, 0.29) is 0 Å². The maximum Gasteiger partial charge on any atom is 0.213 e. The summed E-state index contributed by atoms with van der Waals surface area (Å²) in [6.07, 6.45) is 1.70. The standard InChI is InChI=1S/C11H12BrN3O/c1-7-5-15-11(16-7)6-14-10-3-2-8(12)4-9(10)13/h2-5,14H,6,13H2,1H3. The van der Waals surface area contributed by atoms with Gasteiger partial charge in [-0.25, -0.2) is 4.98 Å². The molecule has 2 rings (SSSR count). The summed E-state index contributed by atoms with van der Waals surface area (Å²) in [6, 6.07) is 5.69. The van der Waals surface area contributed by atoms with Gasteiger partial charge in [-0.2, -0.15) is 0 Å². The highest BCUT2D eigenvalue weighted by Crippen LogP contribution is 2.23. The van der Waals surface area contributed by atoms with E-state index in [4.69, 9.17) is 10.2 Å². The van der Waals surface area contributed by atoms with Gasteiger partial charge in [0.25, 0.3) is 0 Å². The predicted octanol–water partition coefficient (Wildman–Crippen LogP) is 2.94. The number of aryl methyl sites for hydroxylation is 1. The van der Waals surface area contributed by atoms with Crippen LogP contribution in [-0.4, -0.2) is 4.98 Å². The van der Waals surface area contributed by atoms with Crippen LogP contribution in [0.3, 0.4) is 0 Å². The van der Waals surface area contributed by atoms with Crippen LogP contribution >= 0.6 is 15.9 Å². The van der Waals surface area contributed by atoms with Crippen molar-refractivity contribution >= 4 is 27.3 Å². The van der Waals surface area contributed by atoms with Crippen molar-refractivity contribution in [2.75, 3.05) is 11.1 Å². The smallest absolute Gasteiger partial charge is 0.213 e. The maximum absolute atomic E-state index is 5.85. The number of anilines is 2. The third-order valence-electron chi connectivity index (χ3n) is 2.11. The quantitative estimate of drug-likeness (QED) is 0.849. The van der Waals surface area contributed by atoms with E-state index in [9.17, 15) is 0 Å². The number of nitrogens with zero attached hydrogens (tertiary/aromatic N) is 1. The fourth-order valence-corrected chi connectivity index (χ4v) is 1.73. The van der Waals surface area contributed by atoms with E-state index in [1.165, 1.54) is 0 Å². The minimum atomic E-state index is 0.527. The molecule has 0 unspecified atom stereocenters. The van der Waals surface area contributed by atoms with Crippen molar-refractivity contribution in [3.63, 3.8) is 0 Å². The maximum atomic E-state index is 5.85. The van der Waals surface area contributed by atoms with Crippen LogP contribution in [0.5, 0.6) is 0 Å². The average molecular weight is 282 g/mol. The minimum absolute atomic E-state index is 0.527. The van der Waals surface area contributed by atoms with Crippen LogP contribution in [0.15, 0.2) is 33.3 Å². The van der Waals surface area contributed by atoms with E-state index in [1.807, 2.05) is 25.1 Å². The highest BCUT2D eigenvalue weighted by molar-refractivity contribution is 9.10. The lowest BCUT2D eigenvalue weighted by atomic mass is 10.3. The Hall–Kier alpha value is -1.49. The normalized spacial score (nSPS) is 10.4. The molecule has 3 N–H and O–H groups in total. The van der Waals surface area contributed by atoms with Crippen LogP contribution < -0.4 is 11.1 Å². The molecule has 0 radical (unpaired) electrons. The highest BCUT2D eigenvalue weighted by Gasteiger charge is 2.02. The Bertz CT molecular complexity index is 496. The molecule has 0 aliphatic carbocycles. The molecule has 0 saturated heterocycles. The molecule has 2 aromatic rings. The van der Waals surface area contributed by atoms with Crippen LogP contribution in [0, 0.1) is 6.92 Å². The first-order valence-electron chi connectivity index (χ1n) is 4.85. The van der Waals surface area contributed by atoms with E-state index < -0.39 is 0 Å². The van der Waals surface area contributed by atoms with E-state index in [1.54, 1.807) is 6.20 Å². The molecule has 0 atom stereocenters. The number of benzene rings is 1. The summed E-state index contributed by atoms with van der Waals surface area (Å²) in [4.78, 5) is 4.10. The van der Waals surface area contributed by atoms with Gasteiger partial charge in [-0.05, 0) is 25.1 Å². The summed E-state index contributed by atoms with van der Waals surface area (Å²) in [5.41, 5.74) is 7.41. The molecule has 1 heterocycles. The number of nitrogens with one attached hydrogen (secondary N) is 1. The van der Waals surface area contributed by atoms with Gasteiger partial charge in [0.15, 0.2) is 0 Å². The number of oxazole rings is 1. The van der Waals surface area contributed by atoms with Crippen molar-refractivity contribution in [2.45, 2.75) is 13.5 Å². The number of hydrogen-bond donors (Lipinski definition) is 2. The second-order valence-corrected chi connectivity index (χ2v) is 4.37. The lowest BCUT2D eigenvalue weighted by Gasteiger charge is -2.07. The summed E-state index contributed by atoms with van der Waals surface area (Å²) in [5, 5.41) is 3.17. The number of aromatic nitrogens is 1. The van der Waals surface area contributed by atoms with E-state index in [0.717, 1.165) is 15.9 Å². The van der Waals surface area contributed by atoms with Crippen molar-refractivity contribution in [2.24, 2.45) is 0 Å². The number of nitrogen functional groups attached to an aromatic ring is 1.